The SMILES string of the molecule is CC(C)(C)c1ccc2c(c1)c1cc(C(C)(C)C)ccc1n2-c1ccccc1C(=O)O. The van der Waals surface area contributed by atoms with Gasteiger partial charge in [-0.05, 0) is 58.4 Å². The van der Waals surface area contributed by atoms with E-state index in [1.165, 1.54) is 11.1 Å². The Kier molecular flexibility index (Phi) is 4.54. The molecule has 0 atom stereocenters. The van der Waals surface area contributed by atoms with Gasteiger partial charge in [-0.3, -0.25) is 0 Å². The second-order valence-electron chi connectivity index (χ2n) is 10.1. The predicted octanol–water partition coefficient (Wildman–Crippen LogP) is 7.08. The minimum atomic E-state index is -0.918. The summed E-state index contributed by atoms with van der Waals surface area (Å²) in [6, 6.07) is 20.3. The van der Waals surface area contributed by atoms with E-state index in [9.17, 15) is 9.90 Å². The third kappa shape index (κ3) is 3.28. The summed E-state index contributed by atoms with van der Waals surface area (Å²) in [5, 5.41) is 12.1. The van der Waals surface area contributed by atoms with E-state index in [0.29, 0.717) is 11.3 Å². The van der Waals surface area contributed by atoms with E-state index in [2.05, 4.69) is 82.5 Å². The Morgan fingerprint density at radius 2 is 1.20 bits per heavy atom. The Balaban J connectivity index is 2.16. The molecule has 0 fully saturated rings. The van der Waals surface area contributed by atoms with Gasteiger partial charge in [-0.2, -0.15) is 0 Å². The molecule has 3 aromatic carbocycles. The maximum absolute atomic E-state index is 11.9. The fourth-order valence-corrected chi connectivity index (χ4v) is 4.07. The van der Waals surface area contributed by atoms with Crippen LogP contribution in [0.1, 0.15) is 63.0 Å². The van der Waals surface area contributed by atoms with E-state index in [1.807, 2.05) is 12.1 Å². The topological polar surface area (TPSA) is 42.2 Å². The lowest BCUT2D eigenvalue weighted by Gasteiger charge is -2.19. The lowest BCUT2D eigenvalue weighted by molar-refractivity contribution is 0.0697. The van der Waals surface area contributed by atoms with E-state index >= 15 is 0 Å². The van der Waals surface area contributed by atoms with Crippen molar-refractivity contribution in [3.63, 3.8) is 0 Å². The molecule has 1 aromatic heterocycles. The number of fused-ring (bicyclic) bond motifs is 3. The fourth-order valence-electron chi connectivity index (χ4n) is 4.07. The van der Waals surface area contributed by atoms with Crippen LogP contribution in [0, 0.1) is 0 Å². The highest BCUT2D eigenvalue weighted by atomic mass is 16.4. The number of carboxylic acid groups (broad SMARTS) is 1. The number of benzene rings is 3. The molecule has 0 unspecified atom stereocenters. The van der Waals surface area contributed by atoms with Gasteiger partial charge in [0.15, 0.2) is 0 Å². The molecule has 0 aliphatic rings. The summed E-state index contributed by atoms with van der Waals surface area (Å²) in [5.41, 5.74) is 5.64. The molecule has 1 N–H and O–H groups in total. The second kappa shape index (κ2) is 6.73. The average Bonchev–Trinajstić information content (AvgIpc) is 2.99. The minimum absolute atomic E-state index is 0.0310. The molecule has 0 aliphatic heterocycles. The van der Waals surface area contributed by atoms with Gasteiger partial charge < -0.3 is 9.67 Å². The molecule has 0 aliphatic carbocycles. The first-order valence-electron chi connectivity index (χ1n) is 10.4. The Hall–Kier alpha value is -3.07. The van der Waals surface area contributed by atoms with Crippen LogP contribution in [0.4, 0.5) is 0 Å². The highest BCUT2D eigenvalue weighted by Gasteiger charge is 2.22. The normalized spacial score (nSPS) is 12.6. The molecular weight excluding hydrogens is 370 g/mol. The summed E-state index contributed by atoms with van der Waals surface area (Å²) in [5.74, 6) is -0.918. The maximum atomic E-state index is 11.9. The van der Waals surface area contributed by atoms with Crippen molar-refractivity contribution in [2.24, 2.45) is 0 Å². The standard InChI is InChI=1S/C27H29NO2/c1-26(2,3)17-11-13-23-20(15-17)21-16-18(27(4,5)6)12-14-24(21)28(23)22-10-8-7-9-19(22)25(29)30/h7-16H,1-6H3,(H,29,30). The maximum Gasteiger partial charge on any atom is 0.337 e. The second-order valence-corrected chi connectivity index (χ2v) is 10.1. The largest absolute Gasteiger partial charge is 0.478 e. The summed E-state index contributed by atoms with van der Waals surface area (Å²) in [7, 11) is 0. The third-order valence-corrected chi connectivity index (χ3v) is 5.87. The molecule has 3 nitrogen and oxygen atoms in total. The lowest BCUT2D eigenvalue weighted by Crippen LogP contribution is -2.10. The minimum Gasteiger partial charge on any atom is -0.478 e. The number of carboxylic acids is 1. The van der Waals surface area contributed by atoms with Gasteiger partial charge >= 0.3 is 5.97 Å². The van der Waals surface area contributed by atoms with Gasteiger partial charge in [-0.15, -0.1) is 0 Å². The van der Waals surface area contributed by atoms with Gasteiger partial charge in [-0.1, -0.05) is 65.8 Å². The quantitative estimate of drug-likeness (QED) is 0.391. The number of carbonyl (C=O) groups is 1. The number of hydrogen-bond donors (Lipinski definition) is 1. The van der Waals surface area contributed by atoms with E-state index in [1.54, 1.807) is 12.1 Å². The number of para-hydroxylation sites is 1. The molecule has 0 bridgehead atoms. The first kappa shape index (κ1) is 20.2. The highest BCUT2D eigenvalue weighted by molar-refractivity contribution is 6.10. The summed E-state index contributed by atoms with van der Waals surface area (Å²) in [6.45, 7) is 13.3. The summed E-state index contributed by atoms with van der Waals surface area (Å²) >= 11 is 0. The van der Waals surface area contributed by atoms with Crippen molar-refractivity contribution in [3.05, 3.63) is 77.4 Å². The van der Waals surface area contributed by atoms with Crippen LogP contribution in [0.15, 0.2) is 60.7 Å². The zero-order chi connectivity index (χ0) is 21.8. The summed E-state index contributed by atoms with van der Waals surface area (Å²) in [4.78, 5) is 11.9. The van der Waals surface area contributed by atoms with Crippen LogP contribution in [0.25, 0.3) is 27.5 Å². The molecule has 3 heteroatoms. The van der Waals surface area contributed by atoms with Crippen molar-refractivity contribution in [2.45, 2.75) is 52.4 Å². The fraction of sp³-hybridized carbons (Fsp3) is 0.296. The van der Waals surface area contributed by atoms with Gasteiger partial charge in [0.2, 0.25) is 0 Å². The van der Waals surface area contributed by atoms with E-state index in [4.69, 9.17) is 0 Å². The van der Waals surface area contributed by atoms with E-state index < -0.39 is 5.97 Å². The van der Waals surface area contributed by atoms with Crippen LogP contribution in [0.5, 0.6) is 0 Å². The Labute approximate surface area is 178 Å². The third-order valence-electron chi connectivity index (χ3n) is 5.87. The number of hydrogen-bond acceptors (Lipinski definition) is 1. The lowest BCUT2D eigenvalue weighted by atomic mass is 9.85. The van der Waals surface area contributed by atoms with Crippen molar-refractivity contribution >= 4 is 27.8 Å². The van der Waals surface area contributed by atoms with Crippen LogP contribution in [0.3, 0.4) is 0 Å². The van der Waals surface area contributed by atoms with Crippen LogP contribution in [-0.4, -0.2) is 15.6 Å². The van der Waals surface area contributed by atoms with Crippen molar-refractivity contribution in [1.29, 1.82) is 0 Å². The first-order chi connectivity index (χ1) is 14.0. The molecule has 30 heavy (non-hydrogen) atoms. The zero-order valence-corrected chi connectivity index (χ0v) is 18.6. The Morgan fingerprint density at radius 1 is 0.733 bits per heavy atom. The molecule has 0 radical (unpaired) electrons. The molecule has 1 heterocycles. The molecule has 0 saturated heterocycles. The average molecular weight is 400 g/mol. The van der Waals surface area contributed by atoms with Crippen molar-refractivity contribution < 1.29 is 9.90 Å². The van der Waals surface area contributed by atoms with Crippen molar-refractivity contribution in [2.75, 3.05) is 0 Å². The Bertz CT molecular complexity index is 1210. The van der Waals surface area contributed by atoms with Crippen LogP contribution in [0.2, 0.25) is 0 Å². The zero-order valence-electron chi connectivity index (χ0n) is 18.6. The monoisotopic (exact) mass is 399 g/mol. The van der Waals surface area contributed by atoms with Gasteiger partial charge in [0.05, 0.1) is 22.3 Å². The molecule has 0 spiro atoms. The predicted molar refractivity (Wildman–Crippen MR) is 125 cm³/mol. The summed E-state index contributed by atoms with van der Waals surface area (Å²) in [6.07, 6.45) is 0. The van der Waals surface area contributed by atoms with Crippen molar-refractivity contribution in [3.8, 4) is 5.69 Å². The van der Waals surface area contributed by atoms with Crippen LogP contribution in [-0.2, 0) is 10.8 Å². The molecule has 4 rings (SSSR count). The van der Waals surface area contributed by atoms with Crippen molar-refractivity contribution in [1.82, 2.24) is 4.57 Å². The van der Waals surface area contributed by atoms with Gasteiger partial charge in [0, 0.05) is 10.8 Å². The molecule has 4 aromatic rings. The highest BCUT2D eigenvalue weighted by Crippen LogP contribution is 2.38. The van der Waals surface area contributed by atoms with Gasteiger partial charge in [0.1, 0.15) is 0 Å². The van der Waals surface area contributed by atoms with Crippen LogP contribution >= 0.6 is 0 Å². The van der Waals surface area contributed by atoms with E-state index in [0.717, 1.165) is 21.8 Å². The smallest absolute Gasteiger partial charge is 0.337 e. The number of nitrogens with zero attached hydrogens (tertiary/aromatic N) is 1. The summed E-state index contributed by atoms with van der Waals surface area (Å²) < 4.78 is 2.09. The number of aromatic carboxylic acids is 1. The van der Waals surface area contributed by atoms with Gasteiger partial charge in [0.25, 0.3) is 0 Å². The van der Waals surface area contributed by atoms with E-state index in [-0.39, 0.29) is 10.8 Å². The van der Waals surface area contributed by atoms with Crippen LogP contribution < -0.4 is 0 Å². The Morgan fingerprint density at radius 3 is 1.63 bits per heavy atom. The molecular formula is C27H29NO2. The molecule has 0 saturated carbocycles. The number of rotatable bonds is 2. The molecule has 0 amide bonds. The first-order valence-corrected chi connectivity index (χ1v) is 10.4. The molecule has 154 valence electrons. The number of aromatic nitrogens is 1. The van der Waals surface area contributed by atoms with Gasteiger partial charge in [-0.25, -0.2) is 4.79 Å².